The van der Waals surface area contributed by atoms with Crippen LogP contribution in [0.1, 0.15) is 25.5 Å². The van der Waals surface area contributed by atoms with E-state index in [4.69, 9.17) is 0 Å². The van der Waals surface area contributed by atoms with Crippen LogP contribution >= 0.6 is 0 Å². The summed E-state index contributed by atoms with van der Waals surface area (Å²) in [7, 11) is 0. The number of fused-ring (bicyclic) bond motifs is 1. The molecule has 0 saturated heterocycles. The fourth-order valence-electron chi connectivity index (χ4n) is 1.40. The lowest BCUT2D eigenvalue weighted by Crippen LogP contribution is -1.95. The Morgan fingerprint density at radius 3 is 2.85 bits per heavy atom. The van der Waals surface area contributed by atoms with E-state index in [1.165, 1.54) is 12.3 Å². The number of halogens is 1. The van der Waals surface area contributed by atoms with Gasteiger partial charge in [0.15, 0.2) is 0 Å². The molecule has 2 aromatic rings. The molecule has 68 valence electrons. The summed E-state index contributed by atoms with van der Waals surface area (Å²) in [5.41, 5.74) is 1.83. The van der Waals surface area contributed by atoms with Crippen LogP contribution in [-0.2, 0) is 0 Å². The number of aromatic nitrogens is 2. The number of pyridine rings is 1. The van der Waals surface area contributed by atoms with Crippen molar-refractivity contribution in [1.82, 2.24) is 9.38 Å². The number of hydrogen-bond donors (Lipinski definition) is 0. The maximum Gasteiger partial charge on any atom is 0.139 e. The minimum Gasteiger partial charge on any atom is -0.301 e. The van der Waals surface area contributed by atoms with Crippen LogP contribution in [0.2, 0.25) is 0 Å². The molecule has 0 aliphatic heterocycles. The predicted octanol–water partition coefficient (Wildman–Crippen LogP) is 2.60. The number of imidazole rings is 1. The molecule has 0 aliphatic carbocycles. The molecule has 0 bridgehead atoms. The number of hydrogen-bond acceptors (Lipinski definition) is 1. The fourth-order valence-corrected chi connectivity index (χ4v) is 1.40. The van der Waals surface area contributed by atoms with Gasteiger partial charge in [-0.05, 0) is 18.1 Å². The molecule has 0 N–H and O–H groups in total. The Morgan fingerprint density at radius 1 is 1.38 bits per heavy atom. The fraction of sp³-hybridized carbons (Fsp3) is 0.300. The zero-order valence-corrected chi connectivity index (χ0v) is 7.66. The van der Waals surface area contributed by atoms with Crippen LogP contribution in [0.25, 0.3) is 5.65 Å². The summed E-state index contributed by atoms with van der Waals surface area (Å²) in [6.45, 7) is 4.13. The van der Waals surface area contributed by atoms with Crippen molar-refractivity contribution in [3.05, 3.63) is 36.0 Å². The third kappa shape index (κ3) is 1.30. The molecular formula is C10H11FN2. The van der Waals surface area contributed by atoms with E-state index in [1.807, 2.05) is 0 Å². The Hall–Kier alpha value is -1.38. The summed E-state index contributed by atoms with van der Waals surface area (Å²) in [5, 5.41) is 0. The summed E-state index contributed by atoms with van der Waals surface area (Å²) in [5.74, 6) is 0.129. The van der Waals surface area contributed by atoms with Gasteiger partial charge >= 0.3 is 0 Å². The highest BCUT2D eigenvalue weighted by Gasteiger charge is 2.06. The molecule has 0 fully saturated rings. The van der Waals surface area contributed by atoms with Crippen molar-refractivity contribution in [2.24, 2.45) is 0 Å². The third-order valence-electron chi connectivity index (χ3n) is 2.09. The van der Waals surface area contributed by atoms with Gasteiger partial charge in [0, 0.05) is 18.1 Å². The summed E-state index contributed by atoms with van der Waals surface area (Å²) in [6.07, 6.45) is 3.26. The van der Waals surface area contributed by atoms with E-state index in [9.17, 15) is 4.39 Å². The molecule has 0 spiro atoms. The lowest BCUT2D eigenvalue weighted by molar-refractivity contribution is 0.616. The zero-order valence-electron chi connectivity index (χ0n) is 7.66. The molecule has 0 unspecified atom stereocenters. The van der Waals surface area contributed by atoms with Gasteiger partial charge in [-0.15, -0.1) is 0 Å². The Balaban J connectivity index is 2.71. The Kier molecular flexibility index (Phi) is 1.79. The van der Waals surface area contributed by atoms with E-state index in [1.54, 1.807) is 16.7 Å². The molecule has 0 saturated carbocycles. The van der Waals surface area contributed by atoms with Gasteiger partial charge in [0.25, 0.3) is 0 Å². The molecule has 2 rings (SSSR count). The normalized spacial score (nSPS) is 11.4. The van der Waals surface area contributed by atoms with Crippen molar-refractivity contribution in [3.63, 3.8) is 0 Å². The quantitative estimate of drug-likeness (QED) is 0.656. The van der Waals surface area contributed by atoms with Gasteiger partial charge in [0.2, 0.25) is 0 Å². The summed E-state index contributed by atoms with van der Waals surface area (Å²) in [6, 6.07) is 3.10. The monoisotopic (exact) mass is 178 g/mol. The maximum absolute atomic E-state index is 12.9. The minimum absolute atomic E-state index is 0.229. The molecule has 0 atom stereocenters. The van der Waals surface area contributed by atoms with Crippen LogP contribution in [0.4, 0.5) is 4.39 Å². The summed E-state index contributed by atoms with van der Waals surface area (Å²) >= 11 is 0. The first-order chi connectivity index (χ1) is 6.18. The molecule has 0 amide bonds. The second kappa shape index (κ2) is 2.83. The molecular weight excluding hydrogens is 167 g/mol. The lowest BCUT2D eigenvalue weighted by Gasteiger charge is -2.03. The molecule has 2 aromatic heterocycles. The standard InChI is InChI=1S/C10H11FN2/c1-7(2)9-5-12-10-4-3-8(11)6-13(9)10/h3-7H,1-2H3. The van der Waals surface area contributed by atoms with Crippen LogP contribution in [0, 0.1) is 5.82 Å². The Labute approximate surface area is 76.0 Å². The van der Waals surface area contributed by atoms with E-state index in [0.717, 1.165) is 11.3 Å². The molecule has 13 heavy (non-hydrogen) atoms. The SMILES string of the molecule is CC(C)c1cnc2ccc(F)cn12. The molecule has 0 radical (unpaired) electrons. The number of nitrogens with zero attached hydrogens (tertiary/aromatic N) is 2. The molecule has 0 aromatic carbocycles. The van der Waals surface area contributed by atoms with E-state index in [2.05, 4.69) is 18.8 Å². The van der Waals surface area contributed by atoms with Gasteiger partial charge in [-0.2, -0.15) is 0 Å². The molecule has 2 nitrogen and oxygen atoms in total. The minimum atomic E-state index is -0.229. The number of rotatable bonds is 1. The second-order valence-corrected chi connectivity index (χ2v) is 3.41. The average Bonchev–Trinajstić information content (AvgIpc) is 2.46. The van der Waals surface area contributed by atoms with Crippen molar-refractivity contribution in [2.45, 2.75) is 19.8 Å². The first kappa shape index (κ1) is 8.23. The zero-order chi connectivity index (χ0) is 9.42. The van der Waals surface area contributed by atoms with Crippen molar-refractivity contribution >= 4 is 5.65 Å². The van der Waals surface area contributed by atoms with Gasteiger partial charge in [0.1, 0.15) is 11.5 Å². The van der Waals surface area contributed by atoms with Crippen molar-refractivity contribution in [3.8, 4) is 0 Å². The highest BCUT2D eigenvalue weighted by atomic mass is 19.1. The van der Waals surface area contributed by atoms with Crippen molar-refractivity contribution < 1.29 is 4.39 Å². The highest BCUT2D eigenvalue weighted by Crippen LogP contribution is 2.16. The van der Waals surface area contributed by atoms with Gasteiger partial charge in [0.05, 0.1) is 0 Å². The van der Waals surface area contributed by atoms with Gasteiger partial charge in [-0.25, -0.2) is 9.37 Å². The van der Waals surface area contributed by atoms with E-state index < -0.39 is 0 Å². The van der Waals surface area contributed by atoms with Crippen molar-refractivity contribution in [2.75, 3.05) is 0 Å². The average molecular weight is 178 g/mol. The van der Waals surface area contributed by atoms with Gasteiger partial charge in [-0.3, -0.25) is 0 Å². The van der Waals surface area contributed by atoms with Crippen LogP contribution in [0.15, 0.2) is 24.5 Å². The van der Waals surface area contributed by atoms with E-state index in [-0.39, 0.29) is 5.82 Å². The van der Waals surface area contributed by atoms with Gasteiger partial charge < -0.3 is 4.40 Å². The Morgan fingerprint density at radius 2 is 2.15 bits per heavy atom. The highest BCUT2D eigenvalue weighted by molar-refractivity contribution is 5.40. The van der Waals surface area contributed by atoms with Crippen LogP contribution < -0.4 is 0 Å². The van der Waals surface area contributed by atoms with Crippen LogP contribution in [-0.4, -0.2) is 9.38 Å². The topological polar surface area (TPSA) is 17.3 Å². The predicted molar refractivity (Wildman–Crippen MR) is 49.2 cm³/mol. The summed E-state index contributed by atoms with van der Waals surface area (Å²) in [4.78, 5) is 4.18. The van der Waals surface area contributed by atoms with E-state index in [0.29, 0.717) is 5.92 Å². The lowest BCUT2D eigenvalue weighted by atomic mass is 10.1. The molecule has 2 heterocycles. The molecule has 0 aliphatic rings. The van der Waals surface area contributed by atoms with Crippen LogP contribution in [0.5, 0.6) is 0 Å². The maximum atomic E-state index is 12.9. The van der Waals surface area contributed by atoms with Crippen LogP contribution in [0.3, 0.4) is 0 Å². The first-order valence-electron chi connectivity index (χ1n) is 4.31. The smallest absolute Gasteiger partial charge is 0.139 e. The Bertz CT molecular complexity index is 431. The summed E-state index contributed by atoms with van der Waals surface area (Å²) < 4.78 is 14.7. The first-order valence-corrected chi connectivity index (χ1v) is 4.31. The van der Waals surface area contributed by atoms with E-state index >= 15 is 0 Å². The third-order valence-corrected chi connectivity index (χ3v) is 2.09. The molecule has 3 heteroatoms. The van der Waals surface area contributed by atoms with Crippen molar-refractivity contribution in [1.29, 1.82) is 0 Å². The van der Waals surface area contributed by atoms with Gasteiger partial charge in [-0.1, -0.05) is 13.8 Å². The largest absolute Gasteiger partial charge is 0.301 e. The second-order valence-electron chi connectivity index (χ2n) is 3.41.